The lowest BCUT2D eigenvalue weighted by Crippen LogP contribution is -2.46. The highest BCUT2D eigenvalue weighted by molar-refractivity contribution is 5.77. The van der Waals surface area contributed by atoms with E-state index in [0.717, 1.165) is 109 Å². The zero-order valence-corrected chi connectivity index (χ0v) is 45.7. The summed E-state index contributed by atoms with van der Waals surface area (Å²) in [5, 5.41) is 23.9. The van der Waals surface area contributed by atoms with Gasteiger partial charge in [0.1, 0.15) is 6.10 Å². The van der Waals surface area contributed by atoms with Gasteiger partial charge < -0.3 is 20.3 Å². The molecule has 0 heterocycles. The van der Waals surface area contributed by atoms with Gasteiger partial charge in [0.2, 0.25) is 5.91 Å². The molecular formula is C63H113NO5. The Balaban J connectivity index is 4.56. The van der Waals surface area contributed by atoms with Gasteiger partial charge >= 0.3 is 5.97 Å². The monoisotopic (exact) mass is 964 g/mol. The van der Waals surface area contributed by atoms with E-state index in [2.05, 4.69) is 99.0 Å². The predicted octanol–water partition coefficient (Wildman–Crippen LogP) is 18.5. The lowest BCUT2D eigenvalue weighted by atomic mass is 10.0. The molecule has 0 aliphatic carbocycles. The number of carbonyl (C=O) groups is 2. The van der Waals surface area contributed by atoms with Gasteiger partial charge in [-0.2, -0.15) is 0 Å². The fraction of sp³-hybridized carbons (Fsp3) is 0.778. The van der Waals surface area contributed by atoms with Crippen molar-refractivity contribution in [2.45, 2.75) is 309 Å². The van der Waals surface area contributed by atoms with Gasteiger partial charge in [-0.15, -0.1) is 0 Å². The van der Waals surface area contributed by atoms with Crippen LogP contribution in [-0.4, -0.2) is 46.9 Å². The number of esters is 1. The molecule has 0 fully saturated rings. The minimum atomic E-state index is -0.800. The van der Waals surface area contributed by atoms with Crippen LogP contribution in [-0.2, 0) is 14.3 Å². The molecule has 0 bridgehead atoms. The van der Waals surface area contributed by atoms with E-state index in [1.807, 2.05) is 0 Å². The van der Waals surface area contributed by atoms with Crippen LogP contribution < -0.4 is 5.32 Å². The van der Waals surface area contributed by atoms with Gasteiger partial charge in [0.05, 0.1) is 25.2 Å². The van der Waals surface area contributed by atoms with Crippen molar-refractivity contribution in [3.63, 3.8) is 0 Å². The number of rotatable bonds is 53. The zero-order valence-electron chi connectivity index (χ0n) is 45.7. The van der Waals surface area contributed by atoms with Crippen molar-refractivity contribution < 1.29 is 24.5 Å². The molecule has 6 heteroatoms. The SMILES string of the molecule is CC/C=C/C/C=C/C/C=C/CCCCCCC(CC(=O)NC(CO)C(O)CCCCCCCCCCCCCCCCCCC)OC(=O)CCCCCCCC/C=C\C/C=C\C/C=C\CCCCC. The summed E-state index contributed by atoms with van der Waals surface area (Å²) in [6, 6.07) is -0.716. The van der Waals surface area contributed by atoms with E-state index in [-0.39, 0.29) is 24.9 Å². The minimum Gasteiger partial charge on any atom is -0.462 e. The number of hydrogen-bond donors (Lipinski definition) is 3. The first-order valence-electron chi connectivity index (χ1n) is 29.7. The summed E-state index contributed by atoms with van der Waals surface area (Å²) in [6.45, 7) is 6.36. The van der Waals surface area contributed by atoms with Gasteiger partial charge in [-0.3, -0.25) is 9.59 Å². The third kappa shape index (κ3) is 51.5. The van der Waals surface area contributed by atoms with Crippen LogP contribution in [0.3, 0.4) is 0 Å². The molecule has 0 aromatic carbocycles. The number of allylic oxidation sites excluding steroid dienone is 12. The van der Waals surface area contributed by atoms with Crippen LogP contribution in [0.5, 0.6) is 0 Å². The number of hydrogen-bond acceptors (Lipinski definition) is 5. The van der Waals surface area contributed by atoms with Crippen molar-refractivity contribution >= 4 is 11.9 Å². The quantitative estimate of drug-likeness (QED) is 0.0321. The smallest absolute Gasteiger partial charge is 0.306 e. The highest BCUT2D eigenvalue weighted by Gasteiger charge is 2.24. The number of unbranched alkanes of at least 4 members (excludes halogenated alkanes) is 29. The maximum Gasteiger partial charge on any atom is 0.306 e. The first-order chi connectivity index (χ1) is 34.0. The summed E-state index contributed by atoms with van der Waals surface area (Å²) in [6.07, 6.45) is 72.5. The molecule has 0 aliphatic rings. The van der Waals surface area contributed by atoms with Crippen molar-refractivity contribution in [2.75, 3.05) is 6.61 Å². The van der Waals surface area contributed by atoms with Gasteiger partial charge in [-0.05, 0) is 96.3 Å². The van der Waals surface area contributed by atoms with Crippen molar-refractivity contribution in [1.29, 1.82) is 0 Å². The molecule has 0 spiro atoms. The fourth-order valence-corrected chi connectivity index (χ4v) is 8.81. The molecule has 0 radical (unpaired) electrons. The molecule has 0 aromatic heterocycles. The average molecular weight is 965 g/mol. The van der Waals surface area contributed by atoms with Crippen LogP contribution in [0.15, 0.2) is 72.9 Å². The van der Waals surface area contributed by atoms with Gasteiger partial charge in [0.25, 0.3) is 0 Å². The molecule has 3 unspecified atom stereocenters. The second kappa shape index (κ2) is 56.2. The minimum absolute atomic E-state index is 0.0554. The van der Waals surface area contributed by atoms with E-state index in [4.69, 9.17) is 4.74 Å². The third-order valence-corrected chi connectivity index (χ3v) is 13.3. The van der Waals surface area contributed by atoms with Crippen LogP contribution in [0.1, 0.15) is 290 Å². The largest absolute Gasteiger partial charge is 0.462 e. The number of ether oxygens (including phenoxy) is 1. The number of amides is 1. The summed E-state index contributed by atoms with van der Waals surface area (Å²) in [5.41, 5.74) is 0. The molecule has 3 atom stereocenters. The Labute approximate surface area is 428 Å². The van der Waals surface area contributed by atoms with E-state index in [0.29, 0.717) is 19.3 Å². The lowest BCUT2D eigenvalue weighted by Gasteiger charge is -2.24. The number of nitrogens with one attached hydrogen (secondary N) is 1. The average Bonchev–Trinajstić information content (AvgIpc) is 3.34. The molecule has 0 rings (SSSR count). The highest BCUT2D eigenvalue weighted by atomic mass is 16.5. The Morgan fingerprint density at radius 2 is 0.783 bits per heavy atom. The summed E-state index contributed by atoms with van der Waals surface area (Å²) in [5.74, 6) is -0.505. The first-order valence-corrected chi connectivity index (χ1v) is 29.7. The second-order valence-corrected chi connectivity index (χ2v) is 20.0. The van der Waals surface area contributed by atoms with Crippen LogP contribution >= 0.6 is 0 Å². The van der Waals surface area contributed by atoms with E-state index in [1.165, 1.54) is 135 Å². The number of aliphatic hydroxyl groups excluding tert-OH is 2. The van der Waals surface area contributed by atoms with Crippen molar-refractivity contribution in [3.05, 3.63) is 72.9 Å². The summed E-state index contributed by atoms with van der Waals surface area (Å²) in [7, 11) is 0. The van der Waals surface area contributed by atoms with Crippen molar-refractivity contribution in [1.82, 2.24) is 5.32 Å². The predicted molar refractivity (Wildman–Crippen MR) is 301 cm³/mol. The topological polar surface area (TPSA) is 95.9 Å². The molecule has 0 aliphatic heterocycles. The maximum atomic E-state index is 13.3. The maximum absolute atomic E-state index is 13.3. The first kappa shape index (κ1) is 66.3. The zero-order chi connectivity index (χ0) is 50.2. The van der Waals surface area contributed by atoms with Crippen LogP contribution in [0.2, 0.25) is 0 Å². The van der Waals surface area contributed by atoms with Crippen LogP contribution in [0.4, 0.5) is 0 Å². The van der Waals surface area contributed by atoms with E-state index >= 15 is 0 Å². The Bertz CT molecular complexity index is 1270. The highest BCUT2D eigenvalue weighted by Crippen LogP contribution is 2.18. The molecular weight excluding hydrogens is 851 g/mol. The Morgan fingerprint density at radius 1 is 0.435 bits per heavy atom. The van der Waals surface area contributed by atoms with Crippen molar-refractivity contribution in [2.24, 2.45) is 0 Å². The molecule has 0 saturated carbocycles. The van der Waals surface area contributed by atoms with E-state index in [9.17, 15) is 19.8 Å². The lowest BCUT2D eigenvalue weighted by molar-refractivity contribution is -0.151. The molecule has 400 valence electrons. The fourth-order valence-electron chi connectivity index (χ4n) is 8.81. The molecule has 1 amide bonds. The summed E-state index contributed by atoms with van der Waals surface area (Å²) >= 11 is 0. The third-order valence-electron chi connectivity index (χ3n) is 13.3. The molecule has 0 saturated heterocycles. The normalized spacial score (nSPS) is 13.6. The van der Waals surface area contributed by atoms with Gasteiger partial charge in [0, 0.05) is 6.42 Å². The molecule has 6 nitrogen and oxygen atoms in total. The number of aliphatic hydroxyl groups is 2. The van der Waals surface area contributed by atoms with E-state index in [1.54, 1.807) is 0 Å². The van der Waals surface area contributed by atoms with Crippen LogP contribution in [0, 0.1) is 0 Å². The Kier molecular flexibility index (Phi) is 54.0. The molecule has 69 heavy (non-hydrogen) atoms. The molecule has 3 N–H and O–H groups in total. The summed E-state index contributed by atoms with van der Waals surface area (Å²) in [4.78, 5) is 26.3. The standard InChI is InChI=1S/C63H113NO5/c1-4-7-10-13-16-19-22-25-28-30-31-33-35-38-41-44-47-50-53-56-63(68)69-59(54-51-48-45-42-39-36-27-24-21-18-15-12-9-6-3)57-62(67)64-60(58-65)61(66)55-52-49-46-43-40-37-34-32-29-26-23-20-17-14-11-8-5-2/h9,12,16,18-19,21,25,27-28,31,33,36,59-61,65-66H,4-8,10-11,13-15,17,20,22-24,26,29-30,32,34-35,37-58H2,1-3H3,(H,64,67)/b12-9+,19-16-,21-18+,28-25-,33-31-,36-27+. The summed E-state index contributed by atoms with van der Waals surface area (Å²) < 4.78 is 5.95. The van der Waals surface area contributed by atoms with Crippen molar-refractivity contribution in [3.8, 4) is 0 Å². The van der Waals surface area contributed by atoms with Gasteiger partial charge in [-0.1, -0.05) is 254 Å². The molecule has 0 aromatic rings. The van der Waals surface area contributed by atoms with Gasteiger partial charge in [-0.25, -0.2) is 0 Å². The Morgan fingerprint density at radius 3 is 1.22 bits per heavy atom. The van der Waals surface area contributed by atoms with E-state index < -0.39 is 18.2 Å². The number of carbonyl (C=O) groups excluding carboxylic acids is 2. The van der Waals surface area contributed by atoms with Gasteiger partial charge in [0.15, 0.2) is 0 Å². The second-order valence-electron chi connectivity index (χ2n) is 20.0. The Hall–Kier alpha value is -2.70. The van der Waals surface area contributed by atoms with Crippen LogP contribution in [0.25, 0.3) is 0 Å².